The van der Waals surface area contributed by atoms with Crippen molar-refractivity contribution < 1.29 is 14.7 Å². The molecule has 1 unspecified atom stereocenters. The van der Waals surface area contributed by atoms with Crippen molar-refractivity contribution in [1.29, 1.82) is 0 Å². The second-order valence-electron chi connectivity index (χ2n) is 5.00. The third kappa shape index (κ3) is 3.94. The monoisotopic (exact) mass is 301 g/mol. The Morgan fingerprint density at radius 3 is 2.68 bits per heavy atom. The van der Waals surface area contributed by atoms with Crippen LogP contribution in [0.3, 0.4) is 0 Å². The van der Waals surface area contributed by atoms with E-state index in [-0.39, 0.29) is 12.5 Å². The van der Waals surface area contributed by atoms with Crippen molar-refractivity contribution in [2.75, 3.05) is 6.54 Å². The highest BCUT2D eigenvalue weighted by Crippen LogP contribution is 2.15. The minimum absolute atomic E-state index is 0.0388. The van der Waals surface area contributed by atoms with Crippen molar-refractivity contribution >= 4 is 11.9 Å². The third-order valence-corrected chi connectivity index (χ3v) is 3.31. The average Bonchev–Trinajstić information content (AvgIpc) is 2.97. The number of carboxylic acid groups (broad SMARTS) is 1. The molecular weight excluding hydrogens is 282 g/mol. The van der Waals surface area contributed by atoms with Crippen LogP contribution < -0.4 is 5.32 Å². The summed E-state index contributed by atoms with van der Waals surface area (Å²) < 4.78 is 1.70. The standard InChI is InChI=1S/C16H19N3O3/c1-2-8-19-11-13(9-18-19)15(20)17-10-14(16(21)22)12-6-4-3-5-7-12/h3-7,9,11,14H,2,8,10H2,1H3,(H,17,20)(H,21,22). The largest absolute Gasteiger partial charge is 0.481 e. The van der Waals surface area contributed by atoms with Crippen LogP contribution in [0, 0.1) is 0 Å². The molecule has 1 heterocycles. The predicted octanol–water partition coefficient (Wildman–Crippen LogP) is 1.89. The van der Waals surface area contributed by atoms with Gasteiger partial charge in [-0.05, 0) is 12.0 Å². The van der Waals surface area contributed by atoms with Crippen molar-refractivity contribution in [2.45, 2.75) is 25.8 Å². The summed E-state index contributed by atoms with van der Waals surface area (Å²) >= 11 is 0. The van der Waals surface area contributed by atoms with Gasteiger partial charge in [-0.25, -0.2) is 0 Å². The highest BCUT2D eigenvalue weighted by molar-refractivity contribution is 5.94. The minimum atomic E-state index is -0.965. The van der Waals surface area contributed by atoms with Gasteiger partial charge >= 0.3 is 5.97 Å². The number of aromatic nitrogens is 2. The lowest BCUT2D eigenvalue weighted by Crippen LogP contribution is -2.31. The molecule has 0 aliphatic carbocycles. The summed E-state index contributed by atoms with van der Waals surface area (Å²) in [5, 5.41) is 16.1. The van der Waals surface area contributed by atoms with Crippen LogP contribution in [0.5, 0.6) is 0 Å². The summed E-state index contributed by atoms with van der Waals surface area (Å²) in [7, 11) is 0. The normalized spacial score (nSPS) is 11.9. The van der Waals surface area contributed by atoms with Crippen molar-refractivity contribution in [3.8, 4) is 0 Å². The Kier molecular flexibility index (Phi) is 5.30. The quantitative estimate of drug-likeness (QED) is 0.818. The van der Waals surface area contributed by atoms with Crippen molar-refractivity contribution in [3.63, 3.8) is 0 Å². The molecule has 2 N–H and O–H groups in total. The van der Waals surface area contributed by atoms with Gasteiger partial charge in [-0.15, -0.1) is 0 Å². The number of amides is 1. The van der Waals surface area contributed by atoms with E-state index in [1.165, 1.54) is 6.20 Å². The van der Waals surface area contributed by atoms with Crippen molar-refractivity contribution in [3.05, 3.63) is 53.9 Å². The number of nitrogens with one attached hydrogen (secondary N) is 1. The number of hydrogen-bond acceptors (Lipinski definition) is 3. The fraction of sp³-hybridized carbons (Fsp3) is 0.312. The zero-order valence-electron chi connectivity index (χ0n) is 12.4. The third-order valence-electron chi connectivity index (χ3n) is 3.31. The molecule has 1 aromatic heterocycles. The Hall–Kier alpha value is -2.63. The van der Waals surface area contributed by atoms with E-state index >= 15 is 0 Å². The molecule has 0 aliphatic heterocycles. The summed E-state index contributed by atoms with van der Waals surface area (Å²) in [5.41, 5.74) is 1.10. The summed E-state index contributed by atoms with van der Waals surface area (Å²) in [6.45, 7) is 2.81. The molecule has 1 aromatic carbocycles. The number of carboxylic acids is 1. The first kappa shape index (κ1) is 15.8. The first-order valence-electron chi connectivity index (χ1n) is 7.20. The average molecular weight is 301 g/mol. The van der Waals surface area contributed by atoms with Crippen molar-refractivity contribution in [1.82, 2.24) is 15.1 Å². The van der Waals surface area contributed by atoms with E-state index in [0.717, 1.165) is 13.0 Å². The number of carbonyl (C=O) groups excluding carboxylic acids is 1. The molecule has 116 valence electrons. The van der Waals surface area contributed by atoms with Crippen molar-refractivity contribution in [2.24, 2.45) is 0 Å². The van der Waals surface area contributed by atoms with Gasteiger partial charge in [0, 0.05) is 19.3 Å². The second-order valence-corrected chi connectivity index (χ2v) is 5.00. The maximum Gasteiger partial charge on any atom is 0.312 e. The Balaban J connectivity index is 2.00. The zero-order valence-corrected chi connectivity index (χ0v) is 12.4. The minimum Gasteiger partial charge on any atom is -0.481 e. The molecule has 6 heteroatoms. The molecule has 0 bridgehead atoms. The Labute approximate surface area is 128 Å². The van der Waals surface area contributed by atoms with E-state index < -0.39 is 11.9 Å². The summed E-state index contributed by atoms with van der Waals surface area (Å²) in [4.78, 5) is 23.4. The fourth-order valence-corrected chi connectivity index (χ4v) is 2.16. The molecule has 0 radical (unpaired) electrons. The van der Waals surface area contributed by atoms with Crippen LogP contribution in [0.2, 0.25) is 0 Å². The van der Waals surface area contributed by atoms with Gasteiger partial charge < -0.3 is 10.4 Å². The Morgan fingerprint density at radius 1 is 1.32 bits per heavy atom. The van der Waals surface area contributed by atoms with E-state index in [9.17, 15) is 14.7 Å². The van der Waals surface area contributed by atoms with E-state index in [0.29, 0.717) is 11.1 Å². The SMILES string of the molecule is CCCn1cc(C(=O)NCC(C(=O)O)c2ccccc2)cn1. The second kappa shape index (κ2) is 7.40. The molecular formula is C16H19N3O3. The smallest absolute Gasteiger partial charge is 0.312 e. The topological polar surface area (TPSA) is 84.2 Å². The molecule has 2 rings (SSSR count). The van der Waals surface area contributed by atoms with Gasteiger partial charge in [-0.2, -0.15) is 5.10 Å². The predicted molar refractivity (Wildman–Crippen MR) is 81.7 cm³/mol. The molecule has 1 amide bonds. The van der Waals surface area contributed by atoms with E-state index in [1.807, 2.05) is 13.0 Å². The molecule has 22 heavy (non-hydrogen) atoms. The maximum atomic E-state index is 12.1. The summed E-state index contributed by atoms with van der Waals surface area (Å²) in [6, 6.07) is 8.86. The van der Waals surface area contributed by atoms with Gasteiger partial charge in [0.15, 0.2) is 0 Å². The summed E-state index contributed by atoms with van der Waals surface area (Å²) in [5.74, 6) is -2.05. The highest BCUT2D eigenvalue weighted by atomic mass is 16.4. The van der Waals surface area contributed by atoms with Gasteiger partial charge in [0.25, 0.3) is 5.91 Å². The number of benzene rings is 1. The molecule has 0 saturated carbocycles. The van der Waals surface area contributed by atoms with Gasteiger partial charge in [0.2, 0.25) is 0 Å². The Bertz CT molecular complexity index is 637. The maximum absolute atomic E-state index is 12.1. The molecule has 1 atom stereocenters. The van der Waals surface area contributed by atoms with E-state index in [2.05, 4.69) is 10.4 Å². The van der Waals surface area contributed by atoms with Gasteiger partial charge in [-0.1, -0.05) is 37.3 Å². The molecule has 2 aromatic rings. The molecule has 0 spiro atoms. The Morgan fingerprint density at radius 2 is 2.05 bits per heavy atom. The molecule has 0 fully saturated rings. The highest BCUT2D eigenvalue weighted by Gasteiger charge is 2.21. The van der Waals surface area contributed by atoms with E-state index in [1.54, 1.807) is 35.1 Å². The first-order valence-corrected chi connectivity index (χ1v) is 7.20. The van der Waals surface area contributed by atoms with Crippen LogP contribution in [-0.4, -0.2) is 33.3 Å². The summed E-state index contributed by atoms with van der Waals surface area (Å²) in [6.07, 6.45) is 4.08. The van der Waals surface area contributed by atoms with Gasteiger partial charge in [-0.3, -0.25) is 14.3 Å². The number of hydrogen-bond donors (Lipinski definition) is 2. The van der Waals surface area contributed by atoms with Gasteiger partial charge in [0.1, 0.15) is 0 Å². The zero-order chi connectivity index (χ0) is 15.9. The number of carbonyl (C=O) groups is 2. The number of aliphatic carboxylic acids is 1. The lowest BCUT2D eigenvalue weighted by atomic mass is 9.99. The molecule has 6 nitrogen and oxygen atoms in total. The fourth-order valence-electron chi connectivity index (χ4n) is 2.16. The number of nitrogens with zero attached hydrogens (tertiary/aromatic N) is 2. The van der Waals surface area contributed by atoms with Crippen LogP contribution in [0.25, 0.3) is 0 Å². The first-order chi connectivity index (χ1) is 10.6. The van der Waals surface area contributed by atoms with Crippen LogP contribution >= 0.6 is 0 Å². The lowest BCUT2D eigenvalue weighted by molar-refractivity contribution is -0.138. The van der Waals surface area contributed by atoms with E-state index in [4.69, 9.17) is 0 Å². The van der Waals surface area contributed by atoms with Crippen LogP contribution in [0.4, 0.5) is 0 Å². The van der Waals surface area contributed by atoms with Crippen LogP contribution in [0.15, 0.2) is 42.7 Å². The lowest BCUT2D eigenvalue weighted by Gasteiger charge is -2.13. The number of rotatable bonds is 7. The van der Waals surface area contributed by atoms with Crippen LogP contribution in [-0.2, 0) is 11.3 Å². The van der Waals surface area contributed by atoms with Crippen LogP contribution in [0.1, 0.15) is 35.2 Å². The number of aryl methyl sites for hydroxylation is 1. The molecule has 0 saturated heterocycles. The van der Waals surface area contributed by atoms with Gasteiger partial charge in [0.05, 0.1) is 17.7 Å². The molecule has 0 aliphatic rings.